The molecule has 0 amide bonds. The predicted molar refractivity (Wildman–Crippen MR) is 61.9 cm³/mol. The lowest BCUT2D eigenvalue weighted by atomic mass is 9.95. The smallest absolute Gasteiger partial charge is 0.0112 e. The zero-order chi connectivity index (χ0) is 9.38. The van der Waals surface area contributed by atoms with Crippen LogP contribution in [-0.2, 0) is 0 Å². The zero-order valence-corrected chi connectivity index (χ0v) is 8.03. The molecule has 1 aromatic carbocycles. The van der Waals surface area contributed by atoms with Crippen LogP contribution in [0.3, 0.4) is 0 Å². The molecule has 68 valence electrons. The quantitative estimate of drug-likeness (QED) is 0.573. The summed E-state index contributed by atoms with van der Waals surface area (Å²) < 4.78 is 0. The maximum absolute atomic E-state index is 2.29. The lowest BCUT2D eigenvalue weighted by molar-refractivity contribution is 1.35. The average molecular weight is 180 g/mol. The molecule has 0 bridgehead atoms. The Labute approximate surface area is 83.6 Å². The standard InChI is InChI=1S/C14H12/c1-3-7-13-11(5-1)9-10-12-6-2-4-8-14(12)13/h3-10H,1-2H2. The summed E-state index contributed by atoms with van der Waals surface area (Å²) in [6.45, 7) is 0. The highest BCUT2D eigenvalue weighted by molar-refractivity contribution is 5.71. The van der Waals surface area contributed by atoms with Crippen LogP contribution in [-0.4, -0.2) is 0 Å². The van der Waals surface area contributed by atoms with Gasteiger partial charge in [-0.3, -0.25) is 0 Å². The highest BCUT2D eigenvalue weighted by Gasteiger charge is 2.04. The van der Waals surface area contributed by atoms with Crippen molar-refractivity contribution in [3.05, 3.63) is 45.8 Å². The highest BCUT2D eigenvalue weighted by Crippen LogP contribution is 2.11. The van der Waals surface area contributed by atoms with E-state index in [0.717, 1.165) is 12.8 Å². The molecule has 0 N–H and O–H groups in total. The second kappa shape index (κ2) is 2.98. The Bertz CT molecular complexity index is 491. The first-order valence-electron chi connectivity index (χ1n) is 5.12. The fourth-order valence-corrected chi connectivity index (χ4v) is 2.16. The van der Waals surface area contributed by atoms with Gasteiger partial charge in [-0.25, -0.2) is 0 Å². The monoisotopic (exact) mass is 180 g/mol. The zero-order valence-electron chi connectivity index (χ0n) is 8.03. The van der Waals surface area contributed by atoms with Gasteiger partial charge in [0.15, 0.2) is 0 Å². The molecule has 0 heteroatoms. The summed E-state index contributed by atoms with van der Waals surface area (Å²) in [7, 11) is 0. The molecule has 0 nitrogen and oxygen atoms in total. The Morgan fingerprint density at radius 3 is 1.71 bits per heavy atom. The minimum Gasteiger partial charge on any atom is -0.0801 e. The van der Waals surface area contributed by atoms with E-state index in [1.165, 1.54) is 21.6 Å². The van der Waals surface area contributed by atoms with E-state index < -0.39 is 0 Å². The number of hydrogen-bond acceptors (Lipinski definition) is 0. The van der Waals surface area contributed by atoms with Crippen molar-refractivity contribution >= 4 is 24.3 Å². The minimum absolute atomic E-state index is 1.07. The van der Waals surface area contributed by atoms with Gasteiger partial charge in [-0.15, -0.1) is 0 Å². The number of rotatable bonds is 0. The summed E-state index contributed by atoms with van der Waals surface area (Å²) >= 11 is 0. The van der Waals surface area contributed by atoms with Gasteiger partial charge >= 0.3 is 0 Å². The summed E-state index contributed by atoms with van der Waals surface area (Å²) in [6.07, 6.45) is 15.7. The van der Waals surface area contributed by atoms with Gasteiger partial charge in [0.05, 0.1) is 0 Å². The van der Waals surface area contributed by atoms with E-state index in [4.69, 9.17) is 0 Å². The van der Waals surface area contributed by atoms with Crippen molar-refractivity contribution in [3.63, 3.8) is 0 Å². The first-order valence-corrected chi connectivity index (χ1v) is 5.12. The van der Waals surface area contributed by atoms with E-state index >= 15 is 0 Å². The molecule has 14 heavy (non-hydrogen) atoms. The van der Waals surface area contributed by atoms with Crippen molar-refractivity contribution < 1.29 is 0 Å². The maximum atomic E-state index is 2.29. The van der Waals surface area contributed by atoms with Crippen molar-refractivity contribution in [2.45, 2.75) is 12.8 Å². The van der Waals surface area contributed by atoms with Gasteiger partial charge in [0.2, 0.25) is 0 Å². The Hall–Kier alpha value is -1.56. The third-order valence-corrected chi connectivity index (χ3v) is 2.87. The SMILES string of the molecule is C1=Cc2c3c(ccc2=CC1)=CCC=C3. The fraction of sp³-hybridized carbons (Fsp3) is 0.143. The molecule has 2 aliphatic carbocycles. The second-order valence-electron chi connectivity index (χ2n) is 3.76. The molecule has 0 radical (unpaired) electrons. The predicted octanol–water partition coefficient (Wildman–Crippen LogP) is 2.08. The molecule has 0 unspecified atom stereocenters. The third kappa shape index (κ3) is 1.07. The molecule has 3 rings (SSSR count). The Kier molecular flexibility index (Phi) is 1.66. The summed E-state index contributed by atoms with van der Waals surface area (Å²) in [4.78, 5) is 0. The van der Waals surface area contributed by atoms with E-state index in [9.17, 15) is 0 Å². The molecule has 1 aromatic rings. The summed E-state index contributed by atoms with van der Waals surface area (Å²) in [6, 6.07) is 4.46. The minimum atomic E-state index is 1.07. The van der Waals surface area contributed by atoms with Crippen LogP contribution in [0.1, 0.15) is 24.0 Å². The molecule has 0 atom stereocenters. The van der Waals surface area contributed by atoms with Crippen molar-refractivity contribution in [3.8, 4) is 0 Å². The highest BCUT2D eigenvalue weighted by atomic mass is 14.1. The van der Waals surface area contributed by atoms with Crippen LogP contribution in [0.25, 0.3) is 24.3 Å². The molecular weight excluding hydrogens is 168 g/mol. The van der Waals surface area contributed by atoms with Crippen LogP contribution in [0, 0.1) is 0 Å². The first-order chi connectivity index (χ1) is 6.95. The molecule has 0 fully saturated rings. The second-order valence-corrected chi connectivity index (χ2v) is 3.76. The number of allylic oxidation sites excluding steroid dienone is 2. The van der Waals surface area contributed by atoms with Crippen LogP contribution in [0.5, 0.6) is 0 Å². The van der Waals surface area contributed by atoms with Crippen LogP contribution < -0.4 is 10.4 Å². The first kappa shape index (κ1) is 7.81. The topological polar surface area (TPSA) is 0 Å². The van der Waals surface area contributed by atoms with Crippen LogP contribution >= 0.6 is 0 Å². The van der Waals surface area contributed by atoms with Gasteiger partial charge in [-0.05, 0) is 34.4 Å². The Balaban J connectivity index is 2.45. The molecule has 0 aliphatic heterocycles. The lowest BCUT2D eigenvalue weighted by Gasteiger charge is -2.09. The van der Waals surface area contributed by atoms with Gasteiger partial charge in [-0.1, -0.05) is 48.6 Å². The molecule has 0 heterocycles. The normalized spacial score (nSPS) is 16.6. The van der Waals surface area contributed by atoms with Crippen molar-refractivity contribution in [2.24, 2.45) is 0 Å². The molecule has 0 spiro atoms. The molecule has 0 saturated heterocycles. The van der Waals surface area contributed by atoms with E-state index in [0.29, 0.717) is 0 Å². The maximum Gasteiger partial charge on any atom is -0.0112 e. The number of benzene rings is 1. The Morgan fingerprint density at radius 2 is 1.21 bits per heavy atom. The molecule has 2 aliphatic rings. The van der Waals surface area contributed by atoms with E-state index in [2.05, 4.69) is 48.6 Å². The summed E-state index contributed by atoms with van der Waals surface area (Å²) in [5.41, 5.74) is 2.78. The lowest BCUT2D eigenvalue weighted by Crippen LogP contribution is -2.19. The third-order valence-electron chi connectivity index (χ3n) is 2.87. The van der Waals surface area contributed by atoms with E-state index in [-0.39, 0.29) is 0 Å². The molecular formula is C14H12. The van der Waals surface area contributed by atoms with Crippen LogP contribution in [0.15, 0.2) is 24.3 Å². The summed E-state index contributed by atoms with van der Waals surface area (Å²) in [5.74, 6) is 0. The van der Waals surface area contributed by atoms with Gasteiger partial charge in [-0.2, -0.15) is 0 Å². The molecule has 0 aromatic heterocycles. The van der Waals surface area contributed by atoms with Gasteiger partial charge in [0.25, 0.3) is 0 Å². The average Bonchev–Trinajstić information content (AvgIpc) is 2.29. The van der Waals surface area contributed by atoms with Crippen molar-refractivity contribution in [2.75, 3.05) is 0 Å². The van der Waals surface area contributed by atoms with Crippen LogP contribution in [0.4, 0.5) is 0 Å². The van der Waals surface area contributed by atoms with Crippen molar-refractivity contribution in [1.29, 1.82) is 0 Å². The molecule has 0 saturated carbocycles. The van der Waals surface area contributed by atoms with E-state index in [1.54, 1.807) is 0 Å². The van der Waals surface area contributed by atoms with E-state index in [1.807, 2.05) is 0 Å². The fourth-order valence-electron chi connectivity index (χ4n) is 2.16. The van der Waals surface area contributed by atoms with Gasteiger partial charge < -0.3 is 0 Å². The Morgan fingerprint density at radius 1 is 0.714 bits per heavy atom. The van der Waals surface area contributed by atoms with Crippen molar-refractivity contribution in [1.82, 2.24) is 0 Å². The van der Waals surface area contributed by atoms with Gasteiger partial charge in [0, 0.05) is 0 Å². The largest absolute Gasteiger partial charge is 0.0801 e. The summed E-state index contributed by atoms with van der Waals surface area (Å²) in [5, 5.41) is 2.76. The number of fused-ring (bicyclic) bond motifs is 3. The van der Waals surface area contributed by atoms with Crippen LogP contribution in [0.2, 0.25) is 0 Å². The van der Waals surface area contributed by atoms with Gasteiger partial charge in [0.1, 0.15) is 0 Å². The number of hydrogen-bond donors (Lipinski definition) is 0.